The Balaban J connectivity index is 1.59. The van der Waals surface area contributed by atoms with Crippen LogP contribution in [0.5, 0.6) is 0 Å². The Labute approximate surface area is 134 Å². The van der Waals surface area contributed by atoms with Crippen LogP contribution in [0.15, 0.2) is 60.8 Å². The Morgan fingerprint density at radius 2 is 1.87 bits per heavy atom. The molecule has 1 unspecified atom stereocenters. The third-order valence-electron chi connectivity index (χ3n) is 4.38. The Kier molecular flexibility index (Phi) is 3.42. The molecule has 4 rings (SSSR count). The van der Waals surface area contributed by atoms with E-state index in [1.165, 1.54) is 11.1 Å². The minimum absolute atomic E-state index is 0.0808. The minimum Gasteiger partial charge on any atom is -0.345 e. The summed E-state index contributed by atoms with van der Waals surface area (Å²) >= 11 is 0. The summed E-state index contributed by atoms with van der Waals surface area (Å²) in [6.07, 6.45) is 3.56. The number of hydrogen-bond donors (Lipinski definition) is 2. The molecule has 4 heteroatoms. The SMILES string of the molecule is O=C(NC1CCc2ccccc21)c1cn[nH]c1-c1ccccc1. The third-order valence-corrected chi connectivity index (χ3v) is 4.38. The Morgan fingerprint density at radius 3 is 2.74 bits per heavy atom. The number of H-pyrrole nitrogens is 1. The van der Waals surface area contributed by atoms with Crippen LogP contribution in [0.25, 0.3) is 11.3 Å². The molecule has 1 aliphatic rings. The molecule has 2 aromatic carbocycles. The van der Waals surface area contributed by atoms with E-state index in [1.807, 2.05) is 42.5 Å². The van der Waals surface area contributed by atoms with Crippen LogP contribution in [-0.4, -0.2) is 16.1 Å². The molecule has 0 saturated heterocycles. The van der Waals surface area contributed by atoms with Gasteiger partial charge in [0, 0.05) is 5.56 Å². The highest BCUT2D eigenvalue weighted by Gasteiger charge is 2.25. The number of carbonyl (C=O) groups is 1. The van der Waals surface area contributed by atoms with Gasteiger partial charge in [-0.1, -0.05) is 54.6 Å². The first-order valence-electron chi connectivity index (χ1n) is 7.80. The van der Waals surface area contributed by atoms with Crippen LogP contribution in [0.4, 0.5) is 0 Å². The number of nitrogens with zero attached hydrogens (tertiary/aromatic N) is 1. The quantitative estimate of drug-likeness (QED) is 0.778. The first-order valence-corrected chi connectivity index (χ1v) is 7.80. The van der Waals surface area contributed by atoms with E-state index in [0.29, 0.717) is 5.56 Å². The zero-order valence-electron chi connectivity index (χ0n) is 12.6. The molecule has 0 fully saturated rings. The first kappa shape index (κ1) is 13.8. The highest BCUT2D eigenvalue weighted by molar-refractivity contribution is 6.00. The second kappa shape index (κ2) is 5.72. The molecule has 1 atom stereocenters. The highest BCUT2D eigenvalue weighted by atomic mass is 16.1. The van der Waals surface area contributed by atoms with Gasteiger partial charge >= 0.3 is 0 Å². The van der Waals surface area contributed by atoms with Crippen molar-refractivity contribution in [2.45, 2.75) is 18.9 Å². The molecule has 1 amide bonds. The largest absolute Gasteiger partial charge is 0.345 e. The van der Waals surface area contributed by atoms with Gasteiger partial charge in [0.1, 0.15) is 0 Å². The standard InChI is InChI=1S/C19H17N3O/c23-19(21-17-11-10-13-6-4-5-9-15(13)17)16-12-20-22-18(16)14-7-2-1-3-8-14/h1-9,12,17H,10-11H2,(H,20,22)(H,21,23). The minimum atomic E-state index is -0.0840. The fourth-order valence-corrected chi connectivity index (χ4v) is 3.23. The molecule has 4 nitrogen and oxygen atoms in total. The Hall–Kier alpha value is -2.88. The summed E-state index contributed by atoms with van der Waals surface area (Å²) in [7, 11) is 0. The number of aryl methyl sites for hydroxylation is 1. The molecule has 0 saturated carbocycles. The average molecular weight is 303 g/mol. The highest BCUT2D eigenvalue weighted by Crippen LogP contribution is 2.31. The molecule has 1 heterocycles. The van der Waals surface area contributed by atoms with Gasteiger partial charge in [0.05, 0.1) is 23.5 Å². The number of aromatic nitrogens is 2. The predicted molar refractivity (Wildman–Crippen MR) is 89.0 cm³/mol. The summed E-state index contributed by atoms with van der Waals surface area (Å²) in [6, 6.07) is 18.2. The van der Waals surface area contributed by atoms with E-state index >= 15 is 0 Å². The van der Waals surface area contributed by atoms with Crippen molar-refractivity contribution in [2.75, 3.05) is 0 Å². The van der Waals surface area contributed by atoms with Crippen LogP contribution >= 0.6 is 0 Å². The van der Waals surface area contributed by atoms with Gasteiger partial charge in [-0.15, -0.1) is 0 Å². The number of nitrogens with one attached hydrogen (secondary N) is 2. The van der Waals surface area contributed by atoms with Crippen molar-refractivity contribution < 1.29 is 4.79 Å². The number of rotatable bonds is 3. The zero-order chi connectivity index (χ0) is 15.6. The molecule has 1 aliphatic carbocycles. The molecule has 2 N–H and O–H groups in total. The lowest BCUT2D eigenvalue weighted by Gasteiger charge is -2.14. The summed E-state index contributed by atoms with van der Waals surface area (Å²) in [5.41, 5.74) is 4.86. The zero-order valence-corrected chi connectivity index (χ0v) is 12.6. The van der Waals surface area contributed by atoms with Gasteiger partial charge in [0.25, 0.3) is 5.91 Å². The van der Waals surface area contributed by atoms with Crippen molar-refractivity contribution >= 4 is 5.91 Å². The maximum atomic E-state index is 12.7. The van der Waals surface area contributed by atoms with E-state index in [1.54, 1.807) is 6.20 Å². The lowest BCUT2D eigenvalue weighted by atomic mass is 10.1. The van der Waals surface area contributed by atoms with Gasteiger partial charge < -0.3 is 5.32 Å². The van der Waals surface area contributed by atoms with Crippen LogP contribution in [0.2, 0.25) is 0 Å². The fourth-order valence-electron chi connectivity index (χ4n) is 3.23. The maximum absolute atomic E-state index is 12.7. The smallest absolute Gasteiger partial charge is 0.255 e. The van der Waals surface area contributed by atoms with Gasteiger partial charge in [0.15, 0.2) is 0 Å². The van der Waals surface area contributed by atoms with Crippen LogP contribution in [-0.2, 0) is 6.42 Å². The first-order chi connectivity index (χ1) is 11.3. The molecule has 0 radical (unpaired) electrons. The molecule has 1 aromatic heterocycles. The third kappa shape index (κ3) is 2.52. The average Bonchev–Trinajstić information content (AvgIpc) is 3.23. The van der Waals surface area contributed by atoms with E-state index < -0.39 is 0 Å². The van der Waals surface area contributed by atoms with Crippen LogP contribution < -0.4 is 5.32 Å². The lowest BCUT2D eigenvalue weighted by Crippen LogP contribution is -2.27. The molecule has 3 aromatic rings. The number of amides is 1. The number of benzene rings is 2. The normalized spacial score (nSPS) is 16.1. The van der Waals surface area contributed by atoms with Crippen molar-refractivity contribution in [1.29, 1.82) is 0 Å². The van der Waals surface area contributed by atoms with Crippen LogP contribution in [0.3, 0.4) is 0 Å². The second-order valence-electron chi connectivity index (χ2n) is 5.79. The Morgan fingerprint density at radius 1 is 1.09 bits per heavy atom. The monoisotopic (exact) mass is 303 g/mol. The summed E-state index contributed by atoms with van der Waals surface area (Å²) in [5, 5.41) is 10.1. The van der Waals surface area contributed by atoms with Crippen molar-refractivity contribution in [3.05, 3.63) is 77.5 Å². The van der Waals surface area contributed by atoms with Crippen LogP contribution in [0, 0.1) is 0 Å². The van der Waals surface area contributed by atoms with Crippen LogP contribution in [0.1, 0.15) is 33.9 Å². The van der Waals surface area contributed by atoms with Crippen molar-refractivity contribution in [2.24, 2.45) is 0 Å². The van der Waals surface area contributed by atoms with Gasteiger partial charge in [-0.25, -0.2) is 0 Å². The number of aromatic amines is 1. The molecule has 0 bridgehead atoms. The summed E-state index contributed by atoms with van der Waals surface area (Å²) in [5.74, 6) is -0.0840. The van der Waals surface area contributed by atoms with Gasteiger partial charge in [-0.05, 0) is 24.0 Å². The molecule has 23 heavy (non-hydrogen) atoms. The molecule has 114 valence electrons. The van der Waals surface area contributed by atoms with E-state index in [4.69, 9.17) is 0 Å². The topological polar surface area (TPSA) is 57.8 Å². The molecule has 0 spiro atoms. The number of carbonyl (C=O) groups excluding carboxylic acids is 1. The van der Waals surface area contributed by atoms with Crippen molar-refractivity contribution in [3.63, 3.8) is 0 Å². The van der Waals surface area contributed by atoms with E-state index in [9.17, 15) is 4.79 Å². The van der Waals surface area contributed by atoms with Crippen molar-refractivity contribution in [1.82, 2.24) is 15.5 Å². The predicted octanol–water partition coefficient (Wildman–Crippen LogP) is 3.49. The second-order valence-corrected chi connectivity index (χ2v) is 5.79. The number of fused-ring (bicyclic) bond motifs is 1. The van der Waals surface area contributed by atoms with Gasteiger partial charge in [-0.3, -0.25) is 9.89 Å². The summed E-state index contributed by atoms with van der Waals surface area (Å²) in [6.45, 7) is 0. The van der Waals surface area contributed by atoms with E-state index in [2.05, 4.69) is 27.6 Å². The summed E-state index contributed by atoms with van der Waals surface area (Å²) in [4.78, 5) is 12.7. The van der Waals surface area contributed by atoms with Gasteiger partial charge in [-0.2, -0.15) is 5.10 Å². The lowest BCUT2D eigenvalue weighted by molar-refractivity contribution is 0.0937. The molecular formula is C19H17N3O. The molecule has 0 aliphatic heterocycles. The molecular weight excluding hydrogens is 286 g/mol. The maximum Gasteiger partial charge on any atom is 0.255 e. The fraction of sp³-hybridized carbons (Fsp3) is 0.158. The van der Waals surface area contributed by atoms with Crippen molar-refractivity contribution in [3.8, 4) is 11.3 Å². The Bertz CT molecular complexity index is 839. The number of hydrogen-bond acceptors (Lipinski definition) is 2. The summed E-state index contributed by atoms with van der Waals surface area (Å²) < 4.78 is 0. The van der Waals surface area contributed by atoms with E-state index in [-0.39, 0.29) is 11.9 Å². The van der Waals surface area contributed by atoms with E-state index in [0.717, 1.165) is 24.1 Å². The van der Waals surface area contributed by atoms with Gasteiger partial charge in [0.2, 0.25) is 0 Å².